The van der Waals surface area contributed by atoms with Gasteiger partial charge in [0.2, 0.25) is 0 Å². The van der Waals surface area contributed by atoms with Crippen LogP contribution in [0.5, 0.6) is 5.75 Å². The van der Waals surface area contributed by atoms with Crippen molar-refractivity contribution in [2.45, 2.75) is 33.9 Å². The summed E-state index contributed by atoms with van der Waals surface area (Å²) in [6, 6.07) is 16.0. The molecule has 0 aliphatic rings. The zero-order chi connectivity index (χ0) is 22.7. The number of nitrogens with one attached hydrogen (secondary N) is 1. The Balaban J connectivity index is 1.47. The number of benzene rings is 2. The molecule has 2 aromatic carbocycles. The van der Waals surface area contributed by atoms with Crippen molar-refractivity contribution in [1.29, 1.82) is 0 Å². The van der Waals surface area contributed by atoms with Gasteiger partial charge < -0.3 is 14.6 Å². The quantitative estimate of drug-likeness (QED) is 0.451. The van der Waals surface area contributed by atoms with Gasteiger partial charge in [0.25, 0.3) is 5.91 Å². The molecule has 0 unspecified atom stereocenters. The summed E-state index contributed by atoms with van der Waals surface area (Å²) in [5, 5.41) is 11.1. The van der Waals surface area contributed by atoms with E-state index in [0.29, 0.717) is 23.7 Å². The fourth-order valence-electron chi connectivity index (χ4n) is 3.34. The van der Waals surface area contributed by atoms with Crippen molar-refractivity contribution in [3.05, 3.63) is 94.3 Å². The van der Waals surface area contributed by atoms with Crippen LogP contribution in [0.2, 0.25) is 0 Å². The number of carbonyl (C=O) groups excluding carboxylic acids is 1. The van der Waals surface area contributed by atoms with Crippen molar-refractivity contribution in [1.82, 2.24) is 14.9 Å². The number of anilines is 1. The van der Waals surface area contributed by atoms with Crippen molar-refractivity contribution >= 4 is 11.7 Å². The molecular formula is C24H23FN4O3. The van der Waals surface area contributed by atoms with Crippen LogP contribution >= 0.6 is 0 Å². The number of para-hydroxylation sites is 1. The topological polar surface area (TPSA) is 82.2 Å². The average molecular weight is 434 g/mol. The van der Waals surface area contributed by atoms with Crippen molar-refractivity contribution in [3.63, 3.8) is 0 Å². The number of halogens is 1. The molecule has 4 rings (SSSR count). The maximum Gasteiger partial charge on any atom is 0.279 e. The normalized spacial score (nSPS) is 10.9. The summed E-state index contributed by atoms with van der Waals surface area (Å²) in [5.41, 5.74) is 3.72. The number of aryl methyl sites for hydroxylation is 3. The van der Waals surface area contributed by atoms with E-state index < -0.39 is 11.7 Å². The Hall–Kier alpha value is -3.94. The fraction of sp³-hybridized carbons (Fsp3) is 0.208. The number of hydrogen-bond acceptors (Lipinski definition) is 5. The van der Waals surface area contributed by atoms with Crippen molar-refractivity contribution < 1.29 is 18.4 Å². The number of hydrogen-bond donors (Lipinski definition) is 1. The summed E-state index contributed by atoms with van der Waals surface area (Å²) in [6.07, 6.45) is 0. The van der Waals surface area contributed by atoms with Gasteiger partial charge >= 0.3 is 0 Å². The van der Waals surface area contributed by atoms with Gasteiger partial charge in [-0.05, 0) is 38.5 Å². The molecule has 2 aromatic heterocycles. The lowest BCUT2D eigenvalue weighted by Gasteiger charge is -2.07. The van der Waals surface area contributed by atoms with Crippen LogP contribution in [-0.2, 0) is 13.2 Å². The first-order valence-corrected chi connectivity index (χ1v) is 10.1. The highest BCUT2D eigenvalue weighted by Crippen LogP contribution is 2.21. The summed E-state index contributed by atoms with van der Waals surface area (Å²) in [6.45, 7) is 6.17. The summed E-state index contributed by atoms with van der Waals surface area (Å²) in [4.78, 5) is 12.8. The molecule has 0 radical (unpaired) electrons. The van der Waals surface area contributed by atoms with Crippen LogP contribution in [0.1, 0.15) is 38.6 Å². The van der Waals surface area contributed by atoms with Gasteiger partial charge in [0.05, 0.1) is 12.1 Å². The second kappa shape index (κ2) is 9.05. The fourth-order valence-corrected chi connectivity index (χ4v) is 3.34. The summed E-state index contributed by atoms with van der Waals surface area (Å²) in [7, 11) is 0. The molecule has 0 saturated heterocycles. The van der Waals surface area contributed by atoms with Crippen LogP contribution in [0.25, 0.3) is 0 Å². The smallest absolute Gasteiger partial charge is 0.279 e. The highest BCUT2D eigenvalue weighted by molar-refractivity contribution is 6.03. The van der Waals surface area contributed by atoms with Gasteiger partial charge in [-0.15, -0.1) is 0 Å². The van der Waals surface area contributed by atoms with Crippen LogP contribution in [0.15, 0.2) is 59.1 Å². The molecule has 0 aliphatic heterocycles. The van der Waals surface area contributed by atoms with Gasteiger partial charge in [0.1, 0.15) is 12.4 Å². The molecule has 32 heavy (non-hydrogen) atoms. The van der Waals surface area contributed by atoms with E-state index in [0.717, 1.165) is 11.3 Å². The molecular weight excluding hydrogens is 411 g/mol. The molecule has 1 N–H and O–H groups in total. The summed E-state index contributed by atoms with van der Waals surface area (Å²) >= 11 is 0. The first kappa shape index (κ1) is 21.3. The minimum absolute atomic E-state index is 0.0557. The van der Waals surface area contributed by atoms with Gasteiger partial charge in [-0.2, -0.15) is 5.10 Å². The van der Waals surface area contributed by atoms with Crippen LogP contribution in [0.3, 0.4) is 0 Å². The highest BCUT2D eigenvalue weighted by atomic mass is 19.1. The zero-order valence-electron chi connectivity index (χ0n) is 18.1. The minimum atomic E-state index is -0.484. The molecule has 4 aromatic rings. The Morgan fingerprint density at radius 2 is 1.94 bits per heavy atom. The Morgan fingerprint density at radius 1 is 1.12 bits per heavy atom. The molecule has 0 atom stereocenters. The molecule has 164 valence electrons. The number of rotatable bonds is 7. The Labute approximate surface area is 184 Å². The second-order valence-electron chi connectivity index (χ2n) is 7.56. The van der Waals surface area contributed by atoms with Gasteiger partial charge in [0, 0.05) is 11.8 Å². The van der Waals surface area contributed by atoms with Gasteiger partial charge in [-0.25, -0.2) is 4.39 Å². The molecule has 8 heteroatoms. The first-order chi connectivity index (χ1) is 15.4. The molecule has 0 fully saturated rings. The van der Waals surface area contributed by atoms with Crippen LogP contribution < -0.4 is 10.1 Å². The third kappa shape index (κ3) is 4.69. The predicted octanol–water partition coefficient (Wildman–Crippen LogP) is 4.82. The van der Waals surface area contributed by atoms with E-state index in [9.17, 15) is 9.18 Å². The van der Waals surface area contributed by atoms with Gasteiger partial charge in [0.15, 0.2) is 23.1 Å². The maximum atomic E-state index is 13.8. The predicted molar refractivity (Wildman–Crippen MR) is 117 cm³/mol. The largest absolute Gasteiger partial charge is 0.486 e. The molecule has 2 heterocycles. The van der Waals surface area contributed by atoms with E-state index >= 15 is 0 Å². The SMILES string of the molecule is Cc1cccc(Cn2nc(NC(=O)c3noc(C)c3COc3ccccc3F)cc2C)c1. The molecule has 0 bridgehead atoms. The molecule has 0 saturated carbocycles. The first-order valence-electron chi connectivity index (χ1n) is 10.1. The van der Waals surface area contributed by atoms with E-state index in [-0.39, 0.29) is 18.1 Å². The van der Waals surface area contributed by atoms with Gasteiger partial charge in [-0.1, -0.05) is 47.1 Å². The van der Waals surface area contributed by atoms with Crippen molar-refractivity contribution in [2.75, 3.05) is 5.32 Å². The van der Waals surface area contributed by atoms with E-state index in [4.69, 9.17) is 9.26 Å². The molecule has 0 spiro atoms. The van der Waals surface area contributed by atoms with Crippen LogP contribution in [-0.4, -0.2) is 20.8 Å². The Morgan fingerprint density at radius 3 is 2.72 bits per heavy atom. The van der Waals surface area contributed by atoms with E-state index in [1.165, 1.54) is 17.7 Å². The van der Waals surface area contributed by atoms with E-state index in [1.54, 1.807) is 25.1 Å². The number of amides is 1. The average Bonchev–Trinajstić information content (AvgIpc) is 3.29. The number of aromatic nitrogens is 3. The monoisotopic (exact) mass is 434 g/mol. The highest BCUT2D eigenvalue weighted by Gasteiger charge is 2.22. The minimum Gasteiger partial charge on any atom is -0.486 e. The molecule has 1 amide bonds. The molecule has 0 aliphatic carbocycles. The Bertz CT molecular complexity index is 1260. The number of ether oxygens (including phenoxy) is 1. The van der Waals surface area contributed by atoms with Crippen molar-refractivity contribution in [3.8, 4) is 5.75 Å². The van der Waals surface area contributed by atoms with Crippen molar-refractivity contribution in [2.24, 2.45) is 0 Å². The van der Waals surface area contributed by atoms with E-state index in [1.807, 2.05) is 36.7 Å². The maximum absolute atomic E-state index is 13.8. The number of carbonyl (C=O) groups is 1. The lowest BCUT2D eigenvalue weighted by atomic mass is 10.1. The van der Waals surface area contributed by atoms with Crippen LogP contribution in [0.4, 0.5) is 10.2 Å². The standard InChI is InChI=1S/C24H23FN4O3/c1-15-7-6-8-18(11-15)13-29-16(2)12-22(27-29)26-24(30)23-19(17(3)32-28-23)14-31-21-10-5-4-9-20(21)25/h4-12H,13-14H2,1-3H3,(H,26,27,30). The lowest BCUT2D eigenvalue weighted by molar-refractivity contribution is 0.101. The van der Waals surface area contributed by atoms with E-state index in [2.05, 4.69) is 21.6 Å². The Kier molecular flexibility index (Phi) is 6.02. The summed E-state index contributed by atoms with van der Waals surface area (Å²) < 4.78 is 26.4. The summed E-state index contributed by atoms with van der Waals surface area (Å²) in [5.74, 6) is -0.0455. The van der Waals surface area contributed by atoms with Gasteiger partial charge in [-0.3, -0.25) is 9.48 Å². The second-order valence-corrected chi connectivity index (χ2v) is 7.56. The molecule has 7 nitrogen and oxygen atoms in total. The zero-order valence-corrected chi connectivity index (χ0v) is 18.1. The lowest BCUT2D eigenvalue weighted by Crippen LogP contribution is -2.16. The third-order valence-corrected chi connectivity index (χ3v) is 5.05. The third-order valence-electron chi connectivity index (χ3n) is 5.05. The van der Waals surface area contributed by atoms with Crippen LogP contribution in [0, 0.1) is 26.6 Å². The number of nitrogens with zero attached hydrogens (tertiary/aromatic N) is 3.